The summed E-state index contributed by atoms with van der Waals surface area (Å²) < 4.78 is 83.9. The second-order valence-electron chi connectivity index (χ2n) is 11.2. The first kappa shape index (κ1) is 33.7. The number of hydrogen-bond acceptors (Lipinski definition) is 10. The van der Waals surface area contributed by atoms with E-state index in [2.05, 4.69) is 27.4 Å². The molecule has 5 rings (SSSR count). The number of benzene rings is 2. The Balaban J connectivity index is 1.30. The van der Waals surface area contributed by atoms with Crippen molar-refractivity contribution in [2.75, 3.05) is 50.5 Å². The minimum Gasteiger partial charge on any atom is -0.495 e. The molecule has 1 amide bonds. The lowest BCUT2D eigenvalue weighted by molar-refractivity contribution is -0.140. The Morgan fingerprint density at radius 2 is 1.89 bits per heavy atom. The lowest BCUT2D eigenvalue weighted by atomic mass is 10.0. The SMILES string of the molecule is COc1cc(S(=O)(=O)NC(C)=O)ccc1NCC#Cc1cc2c(NC3CCN(CC4COC(=O)O4)CC3)cccc2n1CC(F)(F)F. The number of anilines is 2. The van der Waals surface area contributed by atoms with E-state index in [4.69, 9.17) is 14.2 Å². The van der Waals surface area contributed by atoms with Gasteiger partial charge in [-0.25, -0.2) is 17.9 Å². The molecule has 3 heterocycles. The van der Waals surface area contributed by atoms with Gasteiger partial charge in [0.05, 0.1) is 35.4 Å². The number of fused-ring (bicyclic) bond motifs is 1. The van der Waals surface area contributed by atoms with Gasteiger partial charge in [-0.2, -0.15) is 13.2 Å². The zero-order valence-electron chi connectivity index (χ0n) is 25.6. The fourth-order valence-electron chi connectivity index (χ4n) is 5.59. The van der Waals surface area contributed by atoms with Crippen LogP contribution in [0.2, 0.25) is 0 Å². The molecule has 0 aliphatic carbocycles. The molecule has 2 fully saturated rings. The number of nitrogens with one attached hydrogen (secondary N) is 3. The predicted octanol–water partition coefficient (Wildman–Crippen LogP) is 3.91. The van der Waals surface area contributed by atoms with Crippen LogP contribution in [0, 0.1) is 11.8 Å². The van der Waals surface area contributed by atoms with Crippen molar-refractivity contribution < 1.29 is 45.4 Å². The minimum atomic E-state index is -4.48. The van der Waals surface area contributed by atoms with E-state index in [0.717, 1.165) is 37.4 Å². The van der Waals surface area contributed by atoms with Crippen LogP contribution in [0.25, 0.3) is 10.9 Å². The molecular formula is C31H34F3N5O7S. The molecule has 0 radical (unpaired) electrons. The number of amides is 1. The number of likely N-dealkylation sites (tertiary alicyclic amines) is 1. The first-order valence-electron chi connectivity index (χ1n) is 14.8. The van der Waals surface area contributed by atoms with Gasteiger partial charge < -0.3 is 29.4 Å². The van der Waals surface area contributed by atoms with Gasteiger partial charge in [-0.15, -0.1) is 0 Å². The van der Waals surface area contributed by atoms with Crippen LogP contribution in [0.15, 0.2) is 47.4 Å². The van der Waals surface area contributed by atoms with Crippen LogP contribution in [0.1, 0.15) is 25.5 Å². The molecule has 1 atom stereocenters. The molecule has 0 spiro atoms. The number of sulfonamides is 1. The number of methoxy groups -OCH3 is 1. The first-order chi connectivity index (χ1) is 22.3. The highest BCUT2D eigenvalue weighted by molar-refractivity contribution is 7.90. The van der Waals surface area contributed by atoms with Gasteiger partial charge in [0.25, 0.3) is 10.0 Å². The third-order valence-electron chi connectivity index (χ3n) is 7.69. The zero-order chi connectivity index (χ0) is 33.8. The van der Waals surface area contributed by atoms with Crippen LogP contribution in [-0.2, 0) is 30.8 Å². The summed E-state index contributed by atoms with van der Waals surface area (Å²) in [6, 6.07) is 10.9. The monoisotopic (exact) mass is 677 g/mol. The summed E-state index contributed by atoms with van der Waals surface area (Å²) >= 11 is 0. The summed E-state index contributed by atoms with van der Waals surface area (Å²) in [6.45, 7) is 2.22. The number of piperidine rings is 1. The average Bonchev–Trinajstić information content (AvgIpc) is 3.57. The Morgan fingerprint density at radius 3 is 2.55 bits per heavy atom. The van der Waals surface area contributed by atoms with Crippen molar-refractivity contribution in [2.45, 2.75) is 49.5 Å². The maximum atomic E-state index is 13.7. The highest BCUT2D eigenvalue weighted by Gasteiger charge is 2.31. The third-order valence-corrected chi connectivity index (χ3v) is 9.12. The standard InChI is InChI=1S/C31H34F3N5O7S/c1-20(40)37-47(42,43)24-8-9-27(29(16-24)44-2)35-12-4-5-22-15-25-26(6-3-7-28(25)39(22)19-31(32,33)34)36-21-10-13-38(14-11-21)17-23-18-45-30(41)46-23/h3,6-9,15-16,21,23,35-36H,10-14,17-19H2,1-2H3,(H,37,40). The van der Waals surface area contributed by atoms with Gasteiger partial charge in [0.15, 0.2) is 6.10 Å². The smallest absolute Gasteiger partial charge is 0.495 e. The molecule has 47 heavy (non-hydrogen) atoms. The number of rotatable bonds is 10. The van der Waals surface area contributed by atoms with Crippen LogP contribution in [0.3, 0.4) is 0 Å². The van der Waals surface area contributed by atoms with E-state index in [1.54, 1.807) is 18.2 Å². The molecule has 1 aromatic heterocycles. The molecule has 2 aliphatic rings. The molecule has 2 saturated heterocycles. The quantitative estimate of drug-likeness (QED) is 0.214. The molecule has 0 bridgehead atoms. The summed E-state index contributed by atoms with van der Waals surface area (Å²) in [5.74, 6) is 5.13. The highest BCUT2D eigenvalue weighted by atomic mass is 32.2. The number of carbonyl (C=O) groups excluding carboxylic acids is 2. The Hall–Kier alpha value is -4.62. The largest absolute Gasteiger partial charge is 0.508 e. The Morgan fingerprint density at radius 1 is 1.13 bits per heavy atom. The summed E-state index contributed by atoms with van der Waals surface area (Å²) in [4.78, 5) is 24.5. The number of ether oxygens (including phenoxy) is 3. The number of hydrogen-bond donors (Lipinski definition) is 3. The summed E-state index contributed by atoms with van der Waals surface area (Å²) in [5, 5.41) is 7.11. The second kappa shape index (κ2) is 14.0. The van der Waals surface area contributed by atoms with Crippen LogP contribution in [0.4, 0.5) is 29.3 Å². The summed E-state index contributed by atoms with van der Waals surface area (Å²) in [7, 11) is -2.74. The van der Waals surface area contributed by atoms with Gasteiger partial charge in [0.2, 0.25) is 5.91 Å². The van der Waals surface area contributed by atoms with Crippen LogP contribution < -0.4 is 20.1 Å². The van der Waals surface area contributed by atoms with Gasteiger partial charge in [-0.1, -0.05) is 12.0 Å². The molecule has 16 heteroatoms. The fourth-order valence-corrected chi connectivity index (χ4v) is 6.60. The summed E-state index contributed by atoms with van der Waals surface area (Å²) in [5.41, 5.74) is 1.68. The maximum Gasteiger partial charge on any atom is 0.508 e. The molecule has 1 unspecified atom stereocenters. The molecule has 3 N–H and O–H groups in total. The molecule has 12 nitrogen and oxygen atoms in total. The van der Waals surface area contributed by atoms with Crippen LogP contribution >= 0.6 is 0 Å². The van der Waals surface area contributed by atoms with Gasteiger partial charge >= 0.3 is 12.3 Å². The normalized spacial score (nSPS) is 17.4. The Kier molecular flexibility index (Phi) is 10.1. The zero-order valence-corrected chi connectivity index (χ0v) is 26.5. The van der Waals surface area contributed by atoms with Crippen LogP contribution in [-0.4, -0.2) is 88.2 Å². The number of cyclic esters (lactones) is 2. The first-order valence-corrected chi connectivity index (χ1v) is 16.2. The van der Waals surface area contributed by atoms with E-state index in [1.165, 1.54) is 25.3 Å². The van der Waals surface area contributed by atoms with E-state index in [-0.39, 0.29) is 41.6 Å². The van der Waals surface area contributed by atoms with Gasteiger partial charge in [0.1, 0.15) is 18.9 Å². The van der Waals surface area contributed by atoms with E-state index >= 15 is 0 Å². The number of alkyl halides is 3. The van der Waals surface area contributed by atoms with E-state index < -0.39 is 34.8 Å². The fraction of sp³-hybridized carbons (Fsp3) is 0.419. The molecular weight excluding hydrogens is 643 g/mol. The van der Waals surface area contributed by atoms with Crippen molar-refractivity contribution in [1.82, 2.24) is 14.2 Å². The number of aromatic nitrogens is 1. The van der Waals surface area contributed by atoms with Crippen LogP contribution in [0.5, 0.6) is 5.75 Å². The number of nitrogens with zero attached hydrogens (tertiary/aromatic N) is 2. The average molecular weight is 678 g/mol. The molecule has 2 aliphatic heterocycles. The van der Waals surface area contributed by atoms with Crippen molar-refractivity contribution in [1.29, 1.82) is 0 Å². The Labute approximate surface area is 269 Å². The lowest BCUT2D eigenvalue weighted by Gasteiger charge is -2.33. The maximum absolute atomic E-state index is 13.7. The summed E-state index contributed by atoms with van der Waals surface area (Å²) in [6.07, 6.45) is -3.83. The molecule has 0 saturated carbocycles. The van der Waals surface area contributed by atoms with Crippen molar-refractivity contribution >= 4 is 44.4 Å². The Bertz CT molecular complexity index is 1810. The van der Waals surface area contributed by atoms with E-state index in [0.29, 0.717) is 28.8 Å². The topological polar surface area (TPSA) is 140 Å². The highest BCUT2D eigenvalue weighted by Crippen LogP contribution is 2.32. The number of carbonyl (C=O) groups is 2. The van der Waals surface area contributed by atoms with Crippen molar-refractivity contribution in [3.05, 3.63) is 48.2 Å². The van der Waals surface area contributed by atoms with Crippen molar-refractivity contribution in [2.24, 2.45) is 0 Å². The van der Waals surface area contributed by atoms with Gasteiger partial charge in [-0.3, -0.25) is 9.69 Å². The van der Waals surface area contributed by atoms with Crippen molar-refractivity contribution in [3.8, 4) is 17.6 Å². The minimum absolute atomic E-state index is 0.0115. The lowest BCUT2D eigenvalue weighted by Crippen LogP contribution is -2.43. The molecule has 3 aromatic rings. The van der Waals surface area contributed by atoms with E-state index in [9.17, 15) is 31.2 Å². The third kappa shape index (κ3) is 8.60. The van der Waals surface area contributed by atoms with Crippen molar-refractivity contribution in [3.63, 3.8) is 0 Å². The van der Waals surface area contributed by atoms with E-state index in [1.807, 2.05) is 10.8 Å². The number of halogens is 3. The second-order valence-corrected chi connectivity index (χ2v) is 12.9. The predicted molar refractivity (Wildman–Crippen MR) is 167 cm³/mol. The van der Waals surface area contributed by atoms with Gasteiger partial charge in [-0.05, 0) is 49.1 Å². The van der Waals surface area contributed by atoms with Gasteiger partial charge in [0, 0.05) is 49.7 Å². The molecule has 2 aromatic carbocycles. The molecule has 252 valence electrons.